The smallest absolute Gasteiger partial charge is 0.240 e. The van der Waals surface area contributed by atoms with Crippen molar-refractivity contribution in [3.05, 3.63) is 23.2 Å². The summed E-state index contributed by atoms with van der Waals surface area (Å²) in [5, 5.41) is 0.596. The van der Waals surface area contributed by atoms with Gasteiger partial charge in [0.1, 0.15) is 0 Å². The van der Waals surface area contributed by atoms with E-state index in [2.05, 4.69) is 5.43 Å². The lowest BCUT2D eigenvalue weighted by Gasteiger charge is -2.21. The van der Waals surface area contributed by atoms with E-state index in [0.717, 1.165) is 4.90 Å². The predicted octanol–water partition coefficient (Wildman–Crippen LogP) is 2.03. The number of hydrogen-bond acceptors (Lipinski definition) is 4. The number of nitrogens with one attached hydrogen (secondary N) is 1. The van der Waals surface area contributed by atoms with Gasteiger partial charge in [-0.15, -0.1) is 11.8 Å². The van der Waals surface area contributed by atoms with E-state index in [-0.39, 0.29) is 5.91 Å². The molecule has 5 N–H and O–H groups in total. The van der Waals surface area contributed by atoms with Crippen LogP contribution in [0.5, 0.6) is 0 Å². The quantitative estimate of drug-likeness (QED) is 0.258. The van der Waals surface area contributed by atoms with Gasteiger partial charge in [-0.2, -0.15) is 0 Å². The third kappa shape index (κ3) is 3.80. The summed E-state index contributed by atoms with van der Waals surface area (Å²) in [6.45, 7) is 3.65. The zero-order chi connectivity index (χ0) is 13.1. The maximum Gasteiger partial charge on any atom is 0.240 e. The van der Waals surface area contributed by atoms with Crippen LogP contribution in [-0.4, -0.2) is 11.7 Å². The van der Waals surface area contributed by atoms with Crippen molar-refractivity contribution >= 4 is 35.0 Å². The molecule has 0 aliphatic carbocycles. The minimum Gasteiger partial charge on any atom is -0.399 e. The van der Waals surface area contributed by atoms with Crippen molar-refractivity contribution in [2.24, 2.45) is 11.3 Å². The molecule has 1 aromatic carbocycles. The highest BCUT2D eigenvalue weighted by molar-refractivity contribution is 7.99. The Hall–Kier alpha value is -0.910. The van der Waals surface area contributed by atoms with E-state index in [4.69, 9.17) is 23.2 Å². The number of nitrogens with two attached hydrogens (primary N) is 2. The third-order valence-electron chi connectivity index (χ3n) is 2.29. The van der Waals surface area contributed by atoms with Crippen LogP contribution in [0.4, 0.5) is 5.69 Å². The Morgan fingerprint density at radius 3 is 2.71 bits per heavy atom. The van der Waals surface area contributed by atoms with Crippen LogP contribution in [0.25, 0.3) is 0 Å². The van der Waals surface area contributed by atoms with Gasteiger partial charge in [-0.1, -0.05) is 25.4 Å². The van der Waals surface area contributed by atoms with Gasteiger partial charge in [0.15, 0.2) is 0 Å². The summed E-state index contributed by atoms with van der Waals surface area (Å²) in [5.74, 6) is 5.51. The molecule has 17 heavy (non-hydrogen) atoms. The first-order valence-corrected chi connectivity index (χ1v) is 6.42. The van der Waals surface area contributed by atoms with E-state index in [1.165, 1.54) is 11.8 Å². The molecule has 0 spiro atoms. The lowest BCUT2D eigenvalue weighted by Crippen LogP contribution is -2.42. The van der Waals surface area contributed by atoms with Gasteiger partial charge in [-0.25, -0.2) is 5.84 Å². The van der Waals surface area contributed by atoms with E-state index < -0.39 is 5.41 Å². The van der Waals surface area contributed by atoms with E-state index in [0.29, 0.717) is 16.5 Å². The molecule has 0 saturated heterocycles. The van der Waals surface area contributed by atoms with Crippen molar-refractivity contribution in [2.45, 2.75) is 18.7 Å². The standard InChI is InChI=1S/C11H16ClN3OS/c1-11(2,10(16)15-14)6-17-9-4-3-7(13)5-8(9)12/h3-5H,6,13-14H2,1-2H3,(H,15,16). The molecular weight excluding hydrogens is 258 g/mol. The molecule has 0 aliphatic rings. The number of halogens is 1. The summed E-state index contributed by atoms with van der Waals surface area (Å²) in [4.78, 5) is 12.4. The second-order valence-electron chi connectivity index (χ2n) is 4.34. The van der Waals surface area contributed by atoms with Gasteiger partial charge >= 0.3 is 0 Å². The fourth-order valence-electron chi connectivity index (χ4n) is 1.15. The highest BCUT2D eigenvalue weighted by Gasteiger charge is 2.27. The monoisotopic (exact) mass is 273 g/mol. The molecule has 0 aliphatic heterocycles. The number of nitrogen functional groups attached to an aromatic ring is 1. The number of hydrogen-bond donors (Lipinski definition) is 3. The summed E-state index contributed by atoms with van der Waals surface area (Å²) in [6, 6.07) is 5.32. The molecule has 0 fully saturated rings. The molecule has 6 heteroatoms. The van der Waals surface area contributed by atoms with Crippen LogP contribution in [0.2, 0.25) is 5.02 Å². The SMILES string of the molecule is CC(C)(CSc1ccc(N)cc1Cl)C(=O)NN. The normalized spacial score (nSPS) is 11.3. The summed E-state index contributed by atoms with van der Waals surface area (Å²) < 4.78 is 0. The Balaban J connectivity index is 2.70. The summed E-state index contributed by atoms with van der Waals surface area (Å²) >= 11 is 7.55. The first-order chi connectivity index (χ1) is 7.86. The third-order valence-corrected chi connectivity index (χ3v) is 4.25. The van der Waals surface area contributed by atoms with Gasteiger partial charge in [0.2, 0.25) is 5.91 Å². The number of rotatable bonds is 4. The fraction of sp³-hybridized carbons (Fsp3) is 0.364. The first-order valence-electron chi connectivity index (χ1n) is 5.05. The molecule has 0 saturated carbocycles. The highest BCUT2D eigenvalue weighted by Crippen LogP contribution is 2.33. The molecule has 1 rings (SSSR count). The van der Waals surface area contributed by atoms with Crippen molar-refractivity contribution in [2.75, 3.05) is 11.5 Å². The Labute approximate surface area is 110 Å². The van der Waals surface area contributed by atoms with Gasteiger partial charge in [0.25, 0.3) is 0 Å². The first kappa shape index (κ1) is 14.2. The summed E-state index contributed by atoms with van der Waals surface area (Å²) in [7, 11) is 0. The van der Waals surface area contributed by atoms with Crippen molar-refractivity contribution in [1.82, 2.24) is 5.43 Å². The molecule has 1 aromatic rings. The van der Waals surface area contributed by atoms with Crippen LogP contribution in [0, 0.1) is 5.41 Å². The van der Waals surface area contributed by atoms with Crippen LogP contribution < -0.4 is 17.0 Å². The largest absolute Gasteiger partial charge is 0.399 e. The number of carbonyl (C=O) groups is 1. The van der Waals surface area contributed by atoms with Crippen molar-refractivity contribution in [3.8, 4) is 0 Å². The van der Waals surface area contributed by atoms with Crippen molar-refractivity contribution in [3.63, 3.8) is 0 Å². The Morgan fingerprint density at radius 2 is 2.18 bits per heavy atom. The topological polar surface area (TPSA) is 81.1 Å². The van der Waals surface area contributed by atoms with Gasteiger partial charge in [0.05, 0.1) is 10.4 Å². The number of amides is 1. The second-order valence-corrected chi connectivity index (χ2v) is 5.76. The summed E-state index contributed by atoms with van der Waals surface area (Å²) in [5.41, 5.74) is 7.84. The van der Waals surface area contributed by atoms with Crippen molar-refractivity contribution in [1.29, 1.82) is 0 Å². The molecule has 0 unspecified atom stereocenters. The molecule has 0 heterocycles. The van der Waals surface area contributed by atoms with Gasteiger partial charge in [-0.3, -0.25) is 10.2 Å². The number of thioether (sulfide) groups is 1. The van der Waals surface area contributed by atoms with Gasteiger partial charge in [-0.05, 0) is 18.2 Å². The molecule has 94 valence electrons. The summed E-state index contributed by atoms with van der Waals surface area (Å²) in [6.07, 6.45) is 0. The maximum absolute atomic E-state index is 11.5. The van der Waals surface area contributed by atoms with E-state index in [9.17, 15) is 4.79 Å². The van der Waals surface area contributed by atoms with Crippen LogP contribution >= 0.6 is 23.4 Å². The lowest BCUT2D eigenvalue weighted by molar-refractivity contribution is -0.128. The average molecular weight is 274 g/mol. The molecule has 0 aromatic heterocycles. The Kier molecular flexibility index (Phi) is 4.68. The van der Waals surface area contributed by atoms with Crippen LogP contribution in [0.3, 0.4) is 0 Å². The Bertz CT molecular complexity index is 423. The van der Waals surface area contributed by atoms with Crippen molar-refractivity contribution < 1.29 is 4.79 Å². The minimum atomic E-state index is -0.551. The van der Waals surface area contributed by atoms with E-state index >= 15 is 0 Å². The predicted molar refractivity (Wildman–Crippen MR) is 72.7 cm³/mol. The number of hydrazine groups is 1. The zero-order valence-corrected chi connectivity index (χ0v) is 11.4. The molecule has 1 amide bonds. The lowest BCUT2D eigenvalue weighted by atomic mass is 9.96. The molecule has 0 radical (unpaired) electrons. The number of anilines is 1. The molecule has 4 nitrogen and oxygen atoms in total. The second kappa shape index (κ2) is 5.62. The van der Waals surface area contributed by atoms with Gasteiger partial charge < -0.3 is 5.73 Å². The molecular formula is C11H16ClN3OS. The maximum atomic E-state index is 11.5. The average Bonchev–Trinajstić information content (AvgIpc) is 2.26. The minimum absolute atomic E-state index is 0.198. The highest BCUT2D eigenvalue weighted by atomic mass is 35.5. The number of carbonyl (C=O) groups excluding carboxylic acids is 1. The Morgan fingerprint density at radius 1 is 1.53 bits per heavy atom. The van der Waals surface area contributed by atoms with E-state index in [1.807, 2.05) is 19.9 Å². The van der Waals surface area contributed by atoms with Crippen LogP contribution in [0.15, 0.2) is 23.1 Å². The zero-order valence-electron chi connectivity index (χ0n) is 9.79. The fourth-order valence-corrected chi connectivity index (χ4v) is 2.51. The van der Waals surface area contributed by atoms with Crippen LogP contribution in [-0.2, 0) is 4.79 Å². The molecule has 0 atom stereocenters. The molecule has 0 bridgehead atoms. The van der Waals surface area contributed by atoms with Gasteiger partial charge in [0, 0.05) is 16.3 Å². The number of benzene rings is 1. The van der Waals surface area contributed by atoms with Crippen LogP contribution in [0.1, 0.15) is 13.8 Å². The van der Waals surface area contributed by atoms with E-state index in [1.54, 1.807) is 12.1 Å².